The summed E-state index contributed by atoms with van der Waals surface area (Å²) >= 11 is 5.86. The monoisotopic (exact) mass is 272 g/mol. The first kappa shape index (κ1) is 13.0. The van der Waals surface area contributed by atoms with Crippen LogP contribution in [0.1, 0.15) is 15.9 Å². The van der Waals surface area contributed by atoms with Crippen LogP contribution in [0.2, 0.25) is 5.15 Å². The van der Waals surface area contributed by atoms with Crippen LogP contribution >= 0.6 is 11.6 Å². The maximum Gasteiger partial charge on any atom is 0.156 e. The molecule has 0 spiro atoms. The summed E-state index contributed by atoms with van der Waals surface area (Å²) in [5.74, 6) is 0.359. The summed E-state index contributed by atoms with van der Waals surface area (Å²) in [4.78, 5) is 20.5. The van der Waals surface area contributed by atoms with Gasteiger partial charge in [0.1, 0.15) is 23.4 Å². The zero-order valence-corrected chi connectivity index (χ0v) is 10.8. The lowest BCUT2D eigenvalue weighted by Crippen LogP contribution is -2.15. The van der Waals surface area contributed by atoms with E-state index < -0.39 is 0 Å². The first-order chi connectivity index (χ1) is 9.19. The third kappa shape index (κ3) is 2.39. The minimum Gasteiger partial charge on any atom is -0.328 e. The number of anilines is 2. The van der Waals surface area contributed by atoms with E-state index in [9.17, 15) is 4.79 Å². The molecular weight excluding hydrogens is 264 g/mol. The van der Waals surface area contributed by atoms with E-state index in [1.54, 1.807) is 36.2 Å². The fourth-order valence-electron chi connectivity index (χ4n) is 1.71. The third-order valence-electron chi connectivity index (χ3n) is 2.64. The molecule has 1 aromatic heterocycles. The van der Waals surface area contributed by atoms with Crippen molar-refractivity contribution in [2.45, 2.75) is 0 Å². The van der Waals surface area contributed by atoms with E-state index in [1.807, 2.05) is 0 Å². The van der Waals surface area contributed by atoms with E-state index >= 15 is 0 Å². The molecule has 0 aliphatic carbocycles. The van der Waals surface area contributed by atoms with Gasteiger partial charge in [-0.25, -0.2) is 9.97 Å². The third-order valence-corrected chi connectivity index (χ3v) is 2.94. The quantitative estimate of drug-likeness (QED) is 0.634. The number of hydrogen-bond acceptors (Lipinski definition) is 5. The Labute approximate surface area is 115 Å². The van der Waals surface area contributed by atoms with Crippen molar-refractivity contribution in [1.29, 1.82) is 5.26 Å². The van der Waals surface area contributed by atoms with Crippen LogP contribution in [0.3, 0.4) is 0 Å². The van der Waals surface area contributed by atoms with Gasteiger partial charge in [0.25, 0.3) is 0 Å². The van der Waals surface area contributed by atoms with Crippen LogP contribution in [0, 0.1) is 11.3 Å². The number of nitriles is 1. The lowest BCUT2D eigenvalue weighted by Gasteiger charge is -2.20. The number of carbonyl (C=O) groups excluding carboxylic acids is 1. The van der Waals surface area contributed by atoms with Crippen molar-refractivity contribution in [2.75, 3.05) is 11.9 Å². The average Bonchev–Trinajstić information content (AvgIpc) is 2.46. The highest BCUT2D eigenvalue weighted by Gasteiger charge is 2.16. The highest BCUT2D eigenvalue weighted by atomic mass is 35.5. The smallest absolute Gasteiger partial charge is 0.156 e. The first-order valence-electron chi connectivity index (χ1n) is 5.37. The van der Waals surface area contributed by atoms with Crippen molar-refractivity contribution >= 4 is 29.4 Å². The summed E-state index contributed by atoms with van der Waals surface area (Å²) in [6.07, 6.45) is 1.87. The number of carbonyl (C=O) groups is 1. The molecule has 0 amide bonds. The van der Waals surface area contributed by atoms with Gasteiger partial charge in [-0.15, -0.1) is 0 Å². The van der Waals surface area contributed by atoms with Gasteiger partial charge in [0, 0.05) is 7.05 Å². The molecule has 6 heteroatoms. The van der Waals surface area contributed by atoms with Gasteiger partial charge in [-0.2, -0.15) is 5.26 Å². The maximum absolute atomic E-state index is 11.1. The Bertz CT molecular complexity index is 666. The average molecular weight is 273 g/mol. The number of halogens is 1. The molecule has 0 bridgehead atoms. The Morgan fingerprint density at radius 2 is 2.11 bits per heavy atom. The molecule has 0 atom stereocenters. The fourth-order valence-corrected chi connectivity index (χ4v) is 1.88. The van der Waals surface area contributed by atoms with Gasteiger partial charge in [-0.05, 0) is 12.1 Å². The van der Waals surface area contributed by atoms with Crippen molar-refractivity contribution < 1.29 is 4.79 Å². The first-order valence-corrected chi connectivity index (χ1v) is 5.75. The zero-order valence-electron chi connectivity index (χ0n) is 10.0. The van der Waals surface area contributed by atoms with Gasteiger partial charge in [-0.1, -0.05) is 23.7 Å². The summed E-state index contributed by atoms with van der Waals surface area (Å²) in [5, 5.41) is 9.17. The fraction of sp³-hybridized carbons (Fsp3) is 0.0769. The van der Waals surface area contributed by atoms with Crippen LogP contribution in [-0.4, -0.2) is 23.3 Å². The van der Waals surface area contributed by atoms with Crippen molar-refractivity contribution in [3.63, 3.8) is 0 Å². The second-order valence-corrected chi connectivity index (χ2v) is 4.07. The Balaban J connectivity index is 2.57. The van der Waals surface area contributed by atoms with Gasteiger partial charge in [0.05, 0.1) is 16.8 Å². The zero-order chi connectivity index (χ0) is 13.8. The minimum atomic E-state index is 0.0845. The van der Waals surface area contributed by atoms with Gasteiger partial charge in [0.2, 0.25) is 0 Å². The van der Waals surface area contributed by atoms with Crippen LogP contribution in [0.25, 0.3) is 0 Å². The maximum atomic E-state index is 11.1. The normalized spacial score (nSPS) is 9.74. The molecule has 0 radical (unpaired) electrons. The summed E-state index contributed by atoms with van der Waals surface area (Å²) < 4.78 is 0. The number of rotatable bonds is 3. The number of aldehydes is 1. The van der Waals surface area contributed by atoms with Gasteiger partial charge < -0.3 is 4.90 Å². The van der Waals surface area contributed by atoms with E-state index in [0.717, 1.165) is 0 Å². The molecule has 94 valence electrons. The summed E-state index contributed by atoms with van der Waals surface area (Å²) in [5.41, 5.74) is 1.32. The molecule has 2 aromatic rings. The molecule has 19 heavy (non-hydrogen) atoms. The number of aromatic nitrogens is 2. The molecule has 0 aliphatic rings. The van der Waals surface area contributed by atoms with E-state index in [2.05, 4.69) is 16.0 Å². The SMILES string of the molecule is CN(c1ccccc1C#N)c1ncnc(Cl)c1C=O. The van der Waals surface area contributed by atoms with Crippen molar-refractivity contribution in [3.8, 4) is 6.07 Å². The van der Waals surface area contributed by atoms with Crippen molar-refractivity contribution in [1.82, 2.24) is 9.97 Å². The van der Waals surface area contributed by atoms with E-state index in [4.69, 9.17) is 16.9 Å². The van der Waals surface area contributed by atoms with E-state index in [0.29, 0.717) is 23.4 Å². The van der Waals surface area contributed by atoms with Gasteiger partial charge in [-0.3, -0.25) is 4.79 Å². The number of para-hydroxylation sites is 1. The molecule has 1 heterocycles. The van der Waals surface area contributed by atoms with E-state index in [1.165, 1.54) is 6.33 Å². The molecule has 0 aliphatic heterocycles. The molecular formula is C13H9ClN4O. The number of nitrogens with zero attached hydrogens (tertiary/aromatic N) is 4. The predicted molar refractivity (Wildman–Crippen MR) is 71.6 cm³/mol. The summed E-state index contributed by atoms with van der Waals surface area (Å²) in [6.45, 7) is 0. The molecule has 0 saturated heterocycles. The largest absolute Gasteiger partial charge is 0.328 e. The topological polar surface area (TPSA) is 69.9 Å². The van der Waals surface area contributed by atoms with Crippen molar-refractivity contribution in [2.24, 2.45) is 0 Å². The Hall–Kier alpha value is -2.45. The number of hydrogen-bond donors (Lipinski definition) is 0. The standard InChI is InChI=1S/C13H9ClN4O/c1-18(11-5-3-2-4-9(11)6-15)13-10(7-19)12(14)16-8-17-13/h2-5,7-8H,1H3. The van der Waals surface area contributed by atoms with Gasteiger partial charge in [0.15, 0.2) is 6.29 Å². The van der Waals surface area contributed by atoms with Crippen LogP contribution in [0.15, 0.2) is 30.6 Å². The lowest BCUT2D eigenvalue weighted by molar-refractivity contribution is 0.112. The Morgan fingerprint density at radius 1 is 1.37 bits per heavy atom. The van der Waals surface area contributed by atoms with Gasteiger partial charge >= 0.3 is 0 Å². The molecule has 0 saturated carbocycles. The summed E-state index contributed by atoms with van der Waals surface area (Å²) in [7, 11) is 1.71. The van der Waals surface area contributed by atoms with Crippen LogP contribution < -0.4 is 4.90 Å². The molecule has 1 aromatic carbocycles. The highest BCUT2D eigenvalue weighted by Crippen LogP contribution is 2.28. The highest BCUT2D eigenvalue weighted by molar-refractivity contribution is 6.32. The molecule has 2 rings (SSSR count). The predicted octanol–water partition coefficient (Wildman–Crippen LogP) is 2.58. The van der Waals surface area contributed by atoms with Crippen LogP contribution in [0.5, 0.6) is 0 Å². The van der Waals surface area contributed by atoms with Crippen molar-refractivity contribution in [3.05, 3.63) is 46.9 Å². The lowest BCUT2D eigenvalue weighted by atomic mass is 10.1. The Morgan fingerprint density at radius 3 is 2.79 bits per heavy atom. The minimum absolute atomic E-state index is 0.0845. The second kappa shape index (κ2) is 5.46. The molecule has 0 N–H and O–H groups in total. The molecule has 0 unspecified atom stereocenters. The Kier molecular flexibility index (Phi) is 3.74. The van der Waals surface area contributed by atoms with Crippen LogP contribution in [-0.2, 0) is 0 Å². The second-order valence-electron chi connectivity index (χ2n) is 3.71. The van der Waals surface area contributed by atoms with E-state index in [-0.39, 0.29) is 10.7 Å². The van der Waals surface area contributed by atoms with Crippen LogP contribution in [0.4, 0.5) is 11.5 Å². The molecule has 5 nitrogen and oxygen atoms in total. The number of benzene rings is 1. The molecule has 0 fully saturated rings. The summed E-state index contributed by atoms with van der Waals surface area (Å²) in [6, 6.07) is 9.12.